The molecule has 8 nitrogen and oxygen atoms in total. The van der Waals surface area contributed by atoms with Gasteiger partial charge in [-0.05, 0) is 69.8 Å². The molecule has 0 unspecified atom stereocenters. The van der Waals surface area contributed by atoms with Crippen LogP contribution in [0.3, 0.4) is 0 Å². The molecule has 166 valence electrons. The van der Waals surface area contributed by atoms with Crippen molar-refractivity contribution in [3.8, 4) is 0 Å². The van der Waals surface area contributed by atoms with Gasteiger partial charge in [-0.1, -0.05) is 0 Å². The molecule has 31 heavy (non-hydrogen) atoms. The number of aliphatic hydroxyl groups is 2. The molecule has 0 saturated carbocycles. The lowest BCUT2D eigenvalue weighted by Gasteiger charge is -2.23. The Labute approximate surface area is 182 Å². The Kier molecular flexibility index (Phi) is 6.33. The zero-order valence-corrected chi connectivity index (χ0v) is 18.7. The number of anilines is 3. The number of aliphatic hydroxyl groups excluding tert-OH is 1. The van der Waals surface area contributed by atoms with Gasteiger partial charge in [-0.15, -0.1) is 0 Å². The molecule has 0 aliphatic rings. The van der Waals surface area contributed by atoms with Gasteiger partial charge >= 0.3 is 0 Å². The van der Waals surface area contributed by atoms with E-state index in [1.165, 1.54) is 4.57 Å². The van der Waals surface area contributed by atoms with Crippen molar-refractivity contribution in [2.45, 2.75) is 58.7 Å². The van der Waals surface area contributed by atoms with E-state index in [9.17, 15) is 15.0 Å². The quantitative estimate of drug-likeness (QED) is 0.460. The second-order valence-electron chi connectivity index (χ2n) is 9.40. The molecule has 3 heterocycles. The highest BCUT2D eigenvalue weighted by atomic mass is 16.3. The van der Waals surface area contributed by atoms with Gasteiger partial charge in [-0.3, -0.25) is 4.79 Å². The molecule has 0 spiro atoms. The third-order valence-corrected chi connectivity index (χ3v) is 4.51. The third-order valence-electron chi connectivity index (χ3n) is 4.51. The maximum atomic E-state index is 13.0. The normalized spacial score (nSPS) is 12.2. The zero-order chi connectivity index (χ0) is 22.8. The smallest absolute Gasteiger partial charge is 0.262 e. The van der Waals surface area contributed by atoms with Crippen LogP contribution in [0, 0.1) is 0 Å². The van der Waals surface area contributed by atoms with E-state index in [0.717, 1.165) is 10.9 Å². The molecule has 0 aliphatic carbocycles. The molecule has 4 N–H and O–H groups in total. The predicted octanol–water partition coefficient (Wildman–Crippen LogP) is 3.05. The molecule has 8 heteroatoms. The van der Waals surface area contributed by atoms with Crippen molar-refractivity contribution in [3.05, 3.63) is 52.6 Å². The average Bonchev–Trinajstić information content (AvgIpc) is 2.61. The highest BCUT2D eigenvalue weighted by Gasteiger charge is 2.18. The first-order valence-corrected chi connectivity index (χ1v) is 10.3. The molecule has 0 fully saturated rings. The summed E-state index contributed by atoms with van der Waals surface area (Å²) in [7, 11) is 0. The maximum absolute atomic E-state index is 13.0. The predicted molar refractivity (Wildman–Crippen MR) is 124 cm³/mol. The van der Waals surface area contributed by atoms with Crippen molar-refractivity contribution >= 4 is 28.2 Å². The van der Waals surface area contributed by atoms with Crippen LogP contribution in [0.4, 0.5) is 17.5 Å². The minimum absolute atomic E-state index is 0.118. The Balaban J connectivity index is 2.05. The zero-order valence-electron chi connectivity index (χ0n) is 18.7. The lowest BCUT2D eigenvalue weighted by molar-refractivity contribution is 0.0810. The Bertz CT molecular complexity index is 1130. The van der Waals surface area contributed by atoms with E-state index in [-0.39, 0.29) is 24.2 Å². The monoisotopic (exact) mass is 425 g/mol. The number of rotatable bonds is 7. The van der Waals surface area contributed by atoms with Crippen LogP contribution < -0.4 is 16.2 Å². The Morgan fingerprint density at radius 2 is 1.84 bits per heavy atom. The van der Waals surface area contributed by atoms with Gasteiger partial charge in [-0.25, -0.2) is 9.97 Å². The fraction of sp³-hybridized carbons (Fsp3) is 0.435. The van der Waals surface area contributed by atoms with E-state index < -0.39 is 5.60 Å². The molecule has 0 saturated heterocycles. The van der Waals surface area contributed by atoms with Gasteiger partial charge in [0.1, 0.15) is 17.5 Å². The number of fused-ring (bicyclic) bond motifs is 1. The van der Waals surface area contributed by atoms with Gasteiger partial charge in [-0.2, -0.15) is 0 Å². The average molecular weight is 426 g/mol. The van der Waals surface area contributed by atoms with E-state index in [1.54, 1.807) is 32.3 Å². The summed E-state index contributed by atoms with van der Waals surface area (Å²) in [5.41, 5.74) is -0.389. The van der Waals surface area contributed by atoms with Crippen LogP contribution in [-0.2, 0) is 13.0 Å². The minimum atomic E-state index is -0.821. The summed E-state index contributed by atoms with van der Waals surface area (Å²) in [6.45, 7) is 9.63. The molecule has 0 aromatic carbocycles. The summed E-state index contributed by atoms with van der Waals surface area (Å²) in [6.07, 6.45) is 3.86. The largest absolute Gasteiger partial charge is 0.395 e. The van der Waals surface area contributed by atoms with E-state index in [0.29, 0.717) is 29.3 Å². The van der Waals surface area contributed by atoms with Crippen LogP contribution >= 0.6 is 0 Å². The van der Waals surface area contributed by atoms with Gasteiger partial charge in [0.25, 0.3) is 5.56 Å². The van der Waals surface area contributed by atoms with Crippen LogP contribution in [0.5, 0.6) is 0 Å². The first kappa shape index (κ1) is 22.7. The number of nitrogens with zero attached hydrogens (tertiary/aromatic N) is 3. The minimum Gasteiger partial charge on any atom is -0.395 e. The number of pyridine rings is 3. The molecule has 0 atom stereocenters. The van der Waals surface area contributed by atoms with Crippen molar-refractivity contribution in [2.24, 2.45) is 0 Å². The second-order valence-corrected chi connectivity index (χ2v) is 9.40. The highest BCUT2D eigenvalue weighted by molar-refractivity contribution is 5.93. The van der Waals surface area contributed by atoms with Crippen LogP contribution in [0.25, 0.3) is 10.8 Å². The molecular weight excluding hydrogens is 394 g/mol. The fourth-order valence-electron chi connectivity index (χ4n) is 3.38. The molecule has 0 amide bonds. The summed E-state index contributed by atoms with van der Waals surface area (Å²) >= 11 is 0. The van der Waals surface area contributed by atoms with Crippen molar-refractivity contribution < 1.29 is 10.2 Å². The number of aromatic nitrogens is 3. The second kappa shape index (κ2) is 8.64. The molecule has 3 rings (SSSR count). The van der Waals surface area contributed by atoms with Crippen LogP contribution in [-0.4, -0.2) is 42.5 Å². The topological polar surface area (TPSA) is 112 Å². The van der Waals surface area contributed by atoms with Crippen LogP contribution in [0.1, 0.15) is 40.2 Å². The first-order valence-electron chi connectivity index (χ1n) is 10.3. The number of hydrogen-bond acceptors (Lipinski definition) is 7. The first-order chi connectivity index (χ1) is 14.4. The Hall–Kier alpha value is -2.97. The van der Waals surface area contributed by atoms with E-state index in [2.05, 4.69) is 20.6 Å². The summed E-state index contributed by atoms with van der Waals surface area (Å²) in [6, 6.07) is 7.39. The molecular formula is C23H31N5O3. The lowest BCUT2D eigenvalue weighted by Crippen LogP contribution is -2.29. The summed E-state index contributed by atoms with van der Waals surface area (Å²) in [5.74, 6) is 1.62. The molecule has 0 bridgehead atoms. The molecule has 3 aromatic rings. The molecule has 0 radical (unpaired) electrons. The Morgan fingerprint density at radius 3 is 2.48 bits per heavy atom. The van der Waals surface area contributed by atoms with Crippen molar-refractivity contribution in [3.63, 3.8) is 0 Å². The van der Waals surface area contributed by atoms with E-state index >= 15 is 0 Å². The standard InChI is InChI=1S/C23H31N5O3/c1-22(2,3)27-20-19-16(7-9-28(10-11-29)21(19)30)13-18(26-20)25-17-12-15(6-8-24-17)14-23(4,5)31/h6-9,12-13,29,31H,10-11,14H2,1-5H3,(H2,24,25,26,27). The van der Waals surface area contributed by atoms with Crippen LogP contribution in [0.2, 0.25) is 0 Å². The van der Waals surface area contributed by atoms with Crippen molar-refractivity contribution in [2.75, 3.05) is 17.2 Å². The van der Waals surface area contributed by atoms with Gasteiger partial charge in [0.15, 0.2) is 0 Å². The lowest BCUT2D eigenvalue weighted by atomic mass is 10.00. The summed E-state index contributed by atoms with van der Waals surface area (Å²) in [5, 5.41) is 27.1. The Morgan fingerprint density at radius 1 is 1.10 bits per heavy atom. The SMILES string of the molecule is CC(C)(O)Cc1ccnc(Nc2cc3ccn(CCO)c(=O)c3c(NC(C)(C)C)n2)c1. The molecule has 0 aliphatic heterocycles. The highest BCUT2D eigenvalue weighted by Crippen LogP contribution is 2.26. The van der Waals surface area contributed by atoms with Gasteiger partial charge in [0.2, 0.25) is 0 Å². The number of hydrogen-bond donors (Lipinski definition) is 4. The van der Waals surface area contributed by atoms with Crippen LogP contribution in [0.15, 0.2) is 41.5 Å². The third kappa shape index (κ3) is 6.02. The number of nitrogens with one attached hydrogen (secondary N) is 2. The molecule has 3 aromatic heterocycles. The van der Waals surface area contributed by atoms with Crippen molar-refractivity contribution in [1.29, 1.82) is 0 Å². The fourth-order valence-corrected chi connectivity index (χ4v) is 3.38. The summed E-state index contributed by atoms with van der Waals surface area (Å²) in [4.78, 5) is 22.0. The van der Waals surface area contributed by atoms with E-state index in [1.807, 2.05) is 39.0 Å². The van der Waals surface area contributed by atoms with Gasteiger partial charge in [0, 0.05) is 30.9 Å². The maximum Gasteiger partial charge on any atom is 0.262 e. The van der Waals surface area contributed by atoms with Gasteiger partial charge < -0.3 is 25.4 Å². The van der Waals surface area contributed by atoms with Crippen molar-refractivity contribution in [1.82, 2.24) is 14.5 Å². The van der Waals surface area contributed by atoms with Gasteiger partial charge in [0.05, 0.1) is 17.6 Å². The van der Waals surface area contributed by atoms with E-state index in [4.69, 9.17) is 0 Å². The summed E-state index contributed by atoms with van der Waals surface area (Å²) < 4.78 is 1.48.